The van der Waals surface area contributed by atoms with Gasteiger partial charge in [-0.1, -0.05) is 40.0 Å². The van der Waals surface area contributed by atoms with E-state index >= 15 is 0 Å². The lowest BCUT2D eigenvalue weighted by Crippen LogP contribution is -2.50. The zero-order chi connectivity index (χ0) is 13.7. The second kappa shape index (κ2) is 12.3. The Morgan fingerprint density at radius 1 is 0.667 bits per heavy atom. The molecule has 0 spiro atoms. The number of hydrogen-bond acceptors (Lipinski definition) is 1. The number of rotatable bonds is 13. The van der Waals surface area contributed by atoms with Crippen LogP contribution in [0.25, 0.3) is 0 Å². The molecular weight excluding hydrogens is 238 g/mol. The summed E-state index contributed by atoms with van der Waals surface area (Å²) in [7, 11) is 0. The minimum absolute atomic E-state index is 1.32. The first-order valence-corrected chi connectivity index (χ1v) is 9.33. The maximum absolute atomic E-state index is 2.38. The zero-order valence-corrected chi connectivity index (χ0v) is 14.2. The smallest absolute Gasteiger partial charge is 0.0878 e. The minimum atomic E-state index is 1.32. The number of quaternary nitrogens is 1. The first-order valence-electron chi connectivity index (χ1n) is 8.17. The summed E-state index contributed by atoms with van der Waals surface area (Å²) in [6, 6.07) is 0. The van der Waals surface area contributed by atoms with E-state index in [-0.39, 0.29) is 0 Å². The average molecular weight is 275 g/mol. The summed E-state index contributed by atoms with van der Waals surface area (Å²) in [6.45, 7) is 14.8. The van der Waals surface area contributed by atoms with Crippen molar-refractivity contribution in [3.05, 3.63) is 0 Å². The molecule has 1 unspecified atom stereocenters. The van der Waals surface area contributed by atoms with Crippen LogP contribution in [0, 0.1) is 0 Å². The first-order chi connectivity index (χ1) is 8.74. The number of unbranched alkanes of at least 4 members (excludes halogenated alkanes) is 3. The Balaban J connectivity index is 3.91. The zero-order valence-electron chi connectivity index (χ0n) is 13.3. The van der Waals surface area contributed by atoms with Gasteiger partial charge in [0, 0.05) is 5.75 Å². The number of hydrogen-bond donors (Lipinski definition) is 0. The summed E-state index contributed by atoms with van der Waals surface area (Å²) in [5.74, 6) is 2.73. The Morgan fingerprint density at radius 2 is 1.39 bits per heavy atom. The lowest BCUT2D eigenvalue weighted by Gasteiger charge is -2.38. The van der Waals surface area contributed by atoms with Crippen molar-refractivity contribution >= 4 is 11.8 Å². The Morgan fingerprint density at radius 3 is 1.94 bits per heavy atom. The van der Waals surface area contributed by atoms with Crippen molar-refractivity contribution < 1.29 is 4.48 Å². The van der Waals surface area contributed by atoms with Crippen LogP contribution in [0.3, 0.4) is 0 Å². The summed E-state index contributed by atoms with van der Waals surface area (Å²) >= 11 is 2.18. The van der Waals surface area contributed by atoms with Crippen molar-refractivity contribution in [2.24, 2.45) is 0 Å². The highest BCUT2D eigenvalue weighted by Crippen LogP contribution is 2.14. The summed E-state index contributed by atoms with van der Waals surface area (Å²) in [4.78, 5) is 0. The van der Waals surface area contributed by atoms with E-state index < -0.39 is 0 Å². The lowest BCUT2D eigenvalue weighted by atomic mass is 10.2. The second-order valence-corrected chi connectivity index (χ2v) is 6.73. The molecule has 0 aromatic heterocycles. The average Bonchev–Trinajstić information content (AvgIpc) is 2.40. The molecule has 0 amide bonds. The Kier molecular flexibility index (Phi) is 12.6. The molecule has 0 saturated carbocycles. The van der Waals surface area contributed by atoms with Gasteiger partial charge in [-0.3, -0.25) is 0 Å². The lowest BCUT2D eigenvalue weighted by molar-refractivity contribution is -0.924. The predicted molar refractivity (Wildman–Crippen MR) is 87.5 cm³/mol. The van der Waals surface area contributed by atoms with Gasteiger partial charge in [-0.25, -0.2) is 0 Å². The second-order valence-electron chi connectivity index (χ2n) is 5.50. The van der Waals surface area contributed by atoms with Gasteiger partial charge in [0.15, 0.2) is 0 Å². The Bertz CT molecular complexity index is 172. The van der Waals surface area contributed by atoms with E-state index in [1.807, 2.05) is 0 Å². The molecule has 0 aromatic carbocycles. The summed E-state index contributed by atoms with van der Waals surface area (Å²) < 4.78 is 1.37. The van der Waals surface area contributed by atoms with Gasteiger partial charge in [-0.05, 0) is 31.9 Å². The van der Waals surface area contributed by atoms with Gasteiger partial charge in [0.25, 0.3) is 0 Å². The van der Waals surface area contributed by atoms with Crippen LogP contribution in [-0.2, 0) is 0 Å². The molecule has 0 aliphatic rings. The standard InChI is InChI=1S/C16H36NS/c1-5-9-11-15-18-16-14-17(8-4,12-7-3)13-10-6-2/h5-16H2,1-4H3/q+1. The summed E-state index contributed by atoms with van der Waals surface area (Å²) in [5, 5.41) is 0. The molecule has 0 aliphatic heterocycles. The molecule has 0 heterocycles. The van der Waals surface area contributed by atoms with Crippen LogP contribution in [0.15, 0.2) is 0 Å². The normalized spacial score (nSPS) is 14.7. The maximum Gasteiger partial charge on any atom is 0.0878 e. The predicted octanol–water partition coefficient (Wildman–Crippen LogP) is 4.96. The summed E-state index contributed by atoms with van der Waals surface area (Å²) in [5.41, 5.74) is 0. The third kappa shape index (κ3) is 8.42. The van der Waals surface area contributed by atoms with Crippen molar-refractivity contribution in [3.63, 3.8) is 0 Å². The van der Waals surface area contributed by atoms with E-state index in [1.54, 1.807) is 0 Å². The fourth-order valence-corrected chi connectivity index (χ4v) is 3.72. The van der Waals surface area contributed by atoms with Crippen LogP contribution in [0.1, 0.15) is 66.2 Å². The van der Waals surface area contributed by atoms with Crippen LogP contribution in [0.2, 0.25) is 0 Å². The van der Waals surface area contributed by atoms with Gasteiger partial charge in [0.2, 0.25) is 0 Å². The molecule has 0 aliphatic carbocycles. The molecule has 0 radical (unpaired) electrons. The molecule has 0 aromatic rings. The molecule has 0 saturated heterocycles. The Labute approximate surface area is 120 Å². The Hall–Kier alpha value is 0.310. The third-order valence-electron chi connectivity index (χ3n) is 3.96. The van der Waals surface area contributed by atoms with Crippen LogP contribution in [0.5, 0.6) is 0 Å². The minimum Gasteiger partial charge on any atom is -0.323 e. The monoisotopic (exact) mass is 274 g/mol. The van der Waals surface area contributed by atoms with E-state index in [9.17, 15) is 0 Å². The fraction of sp³-hybridized carbons (Fsp3) is 1.00. The maximum atomic E-state index is 2.38. The molecule has 2 heteroatoms. The molecule has 110 valence electrons. The van der Waals surface area contributed by atoms with Crippen molar-refractivity contribution in [1.82, 2.24) is 0 Å². The van der Waals surface area contributed by atoms with Gasteiger partial charge < -0.3 is 4.48 Å². The van der Waals surface area contributed by atoms with Crippen LogP contribution in [-0.4, -0.2) is 42.2 Å². The van der Waals surface area contributed by atoms with Crippen molar-refractivity contribution in [1.29, 1.82) is 0 Å². The fourth-order valence-electron chi connectivity index (χ4n) is 2.59. The molecule has 1 atom stereocenters. The van der Waals surface area contributed by atoms with Crippen molar-refractivity contribution in [2.45, 2.75) is 66.2 Å². The van der Waals surface area contributed by atoms with Gasteiger partial charge in [-0.2, -0.15) is 11.8 Å². The quantitative estimate of drug-likeness (QED) is 0.338. The summed E-state index contributed by atoms with van der Waals surface area (Å²) in [6.07, 6.45) is 8.24. The highest BCUT2D eigenvalue weighted by Gasteiger charge is 2.22. The molecule has 0 rings (SSSR count). The van der Waals surface area contributed by atoms with Gasteiger partial charge in [0.05, 0.1) is 26.2 Å². The van der Waals surface area contributed by atoms with Gasteiger partial charge in [-0.15, -0.1) is 0 Å². The topological polar surface area (TPSA) is 0 Å². The third-order valence-corrected chi connectivity index (χ3v) is 5.01. The molecule has 0 fully saturated rings. The number of nitrogens with zero attached hydrogens (tertiary/aromatic N) is 1. The molecular formula is C16H36NS+. The van der Waals surface area contributed by atoms with E-state index in [2.05, 4.69) is 39.5 Å². The van der Waals surface area contributed by atoms with Crippen LogP contribution < -0.4 is 0 Å². The molecule has 18 heavy (non-hydrogen) atoms. The van der Waals surface area contributed by atoms with E-state index in [0.29, 0.717) is 0 Å². The molecule has 0 bridgehead atoms. The first kappa shape index (κ1) is 18.3. The van der Waals surface area contributed by atoms with E-state index in [0.717, 1.165) is 0 Å². The van der Waals surface area contributed by atoms with Crippen LogP contribution in [0.4, 0.5) is 0 Å². The number of thioether (sulfide) groups is 1. The van der Waals surface area contributed by atoms with Crippen molar-refractivity contribution in [3.8, 4) is 0 Å². The SMILES string of the molecule is CCCCCSCC[N+](CC)(CCC)CCCC. The van der Waals surface area contributed by atoms with E-state index in [4.69, 9.17) is 0 Å². The van der Waals surface area contributed by atoms with Crippen molar-refractivity contribution in [2.75, 3.05) is 37.7 Å². The highest BCUT2D eigenvalue weighted by atomic mass is 32.2. The van der Waals surface area contributed by atoms with Crippen LogP contribution >= 0.6 is 11.8 Å². The van der Waals surface area contributed by atoms with Gasteiger partial charge >= 0.3 is 0 Å². The molecule has 1 nitrogen and oxygen atoms in total. The largest absolute Gasteiger partial charge is 0.323 e. The molecule has 0 N–H and O–H groups in total. The van der Waals surface area contributed by atoms with Gasteiger partial charge in [0.1, 0.15) is 0 Å². The highest BCUT2D eigenvalue weighted by molar-refractivity contribution is 7.99. The van der Waals surface area contributed by atoms with E-state index in [1.165, 1.54) is 80.7 Å².